The van der Waals surface area contributed by atoms with E-state index in [4.69, 9.17) is 21.4 Å². The van der Waals surface area contributed by atoms with Crippen molar-refractivity contribution >= 4 is 51.4 Å². The molecule has 1 aromatic carbocycles. The summed E-state index contributed by atoms with van der Waals surface area (Å²) < 4.78 is 19.1. The summed E-state index contributed by atoms with van der Waals surface area (Å²) in [5, 5.41) is 15.2. The molecule has 28 heavy (non-hydrogen) atoms. The maximum absolute atomic E-state index is 13.3. The first-order chi connectivity index (χ1) is 13.3. The number of halogens is 2. The van der Waals surface area contributed by atoms with E-state index in [0.29, 0.717) is 22.3 Å². The molecule has 9 heteroatoms. The van der Waals surface area contributed by atoms with Gasteiger partial charge in [-0.3, -0.25) is 10.2 Å². The number of hydrazone groups is 1. The van der Waals surface area contributed by atoms with E-state index >= 15 is 0 Å². The zero-order valence-electron chi connectivity index (χ0n) is 14.9. The van der Waals surface area contributed by atoms with Gasteiger partial charge in [0.2, 0.25) is 5.17 Å². The number of rotatable bonds is 3. The van der Waals surface area contributed by atoms with E-state index < -0.39 is 11.7 Å². The van der Waals surface area contributed by atoms with Gasteiger partial charge in [0.15, 0.2) is 5.84 Å². The number of nitrogens with one attached hydrogen (secondary N) is 1. The summed E-state index contributed by atoms with van der Waals surface area (Å²) in [5.41, 5.74) is 0.680. The van der Waals surface area contributed by atoms with E-state index in [0.717, 1.165) is 5.04 Å². The van der Waals surface area contributed by atoms with Crippen LogP contribution in [0.4, 0.5) is 4.39 Å². The molecule has 0 fully saturated rings. The first-order valence-electron chi connectivity index (χ1n) is 8.39. The fraction of sp³-hybridized carbons (Fsp3) is 0.158. The Labute approximate surface area is 169 Å². The second-order valence-corrected chi connectivity index (χ2v) is 7.84. The molecular weight excluding hydrogens is 403 g/mol. The Morgan fingerprint density at radius 2 is 2.11 bits per heavy atom. The molecule has 2 aliphatic rings. The van der Waals surface area contributed by atoms with Gasteiger partial charge in [-0.25, -0.2) is 4.39 Å². The molecule has 0 atom stereocenters. The van der Waals surface area contributed by atoms with Crippen molar-refractivity contribution in [1.29, 1.82) is 5.41 Å². The van der Waals surface area contributed by atoms with Crippen LogP contribution in [-0.2, 0) is 4.79 Å². The average Bonchev–Trinajstić information content (AvgIpc) is 3.28. The Kier molecular flexibility index (Phi) is 4.68. The lowest BCUT2D eigenvalue weighted by atomic mass is 10.1. The molecule has 0 saturated heterocycles. The molecule has 0 aliphatic carbocycles. The average molecular weight is 417 g/mol. The predicted octanol–water partition coefficient (Wildman–Crippen LogP) is 5.01. The van der Waals surface area contributed by atoms with Crippen molar-refractivity contribution in [2.24, 2.45) is 16.0 Å². The number of carbonyl (C=O) groups excluding carboxylic acids is 1. The highest BCUT2D eigenvalue weighted by Gasteiger charge is 2.36. The van der Waals surface area contributed by atoms with E-state index in [9.17, 15) is 9.18 Å². The van der Waals surface area contributed by atoms with Crippen molar-refractivity contribution in [3.05, 3.63) is 52.5 Å². The number of furan rings is 1. The summed E-state index contributed by atoms with van der Waals surface area (Å²) in [5.74, 6) is -0.0952. The van der Waals surface area contributed by atoms with Crippen molar-refractivity contribution in [2.45, 2.75) is 13.8 Å². The third kappa shape index (κ3) is 3.29. The largest absolute Gasteiger partial charge is 0.457 e. The maximum Gasteiger partial charge on any atom is 0.283 e. The second kappa shape index (κ2) is 7.03. The standard InChI is InChI=1S/C19H14ClFN4O2S/c1-9(2)18-24-25-16(22)12(17(26)23-19(25)28-18)8-11-4-6-15(27-11)10-3-5-14(21)13(20)7-10/h3-9,22H,1-2H3/b12-8-,22-16?. The SMILES string of the molecule is CC(C)C1=NN2C(=N)/C(=C/c3ccc(-c4ccc(F)c(Cl)c4)o3)C(=O)N=C2S1. The fourth-order valence-electron chi connectivity index (χ4n) is 2.62. The van der Waals surface area contributed by atoms with Gasteiger partial charge in [0, 0.05) is 11.5 Å². The van der Waals surface area contributed by atoms with Gasteiger partial charge in [-0.15, -0.1) is 0 Å². The number of carbonyl (C=O) groups is 1. The fourth-order valence-corrected chi connectivity index (χ4v) is 3.69. The lowest BCUT2D eigenvalue weighted by molar-refractivity contribution is -0.114. The number of nitrogens with zero attached hydrogens (tertiary/aromatic N) is 3. The smallest absolute Gasteiger partial charge is 0.283 e. The summed E-state index contributed by atoms with van der Waals surface area (Å²) in [6.07, 6.45) is 1.45. The molecule has 0 radical (unpaired) electrons. The number of hydrogen-bond donors (Lipinski definition) is 1. The maximum atomic E-state index is 13.3. The molecule has 0 unspecified atom stereocenters. The van der Waals surface area contributed by atoms with Crippen LogP contribution in [-0.4, -0.2) is 27.0 Å². The Hall–Kier alpha value is -2.71. The summed E-state index contributed by atoms with van der Waals surface area (Å²) in [6.45, 7) is 3.97. The van der Waals surface area contributed by atoms with Crippen molar-refractivity contribution in [3.63, 3.8) is 0 Å². The van der Waals surface area contributed by atoms with E-state index in [1.807, 2.05) is 13.8 Å². The summed E-state index contributed by atoms with van der Waals surface area (Å²) in [4.78, 5) is 16.4. The van der Waals surface area contributed by atoms with E-state index in [1.165, 1.54) is 35.0 Å². The van der Waals surface area contributed by atoms with Gasteiger partial charge in [-0.1, -0.05) is 25.4 Å². The summed E-state index contributed by atoms with van der Waals surface area (Å²) >= 11 is 7.11. The summed E-state index contributed by atoms with van der Waals surface area (Å²) in [7, 11) is 0. The van der Waals surface area contributed by atoms with Crippen molar-refractivity contribution < 1.29 is 13.6 Å². The Morgan fingerprint density at radius 3 is 2.82 bits per heavy atom. The summed E-state index contributed by atoms with van der Waals surface area (Å²) in [6, 6.07) is 7.60. The minimum atomic E-state index is -0.522. The van der Waals surface area contributed by atoms with Crippen LogP contribution in [0.2, 0.25) is 5.02 Å². The van der Waals surface area contributed by atoms with Crippen molar-refractivity contribution in [3.8, 4) is 11.3 Å². The molecule has 6 nitrogen and oxygen atoms in total. The van der Waals surface area contributed by atoms with Gasteiger partial charge in [-0.05, 0) is 48.2 Å². The molecule has 0 saturated carbocycles. The Balaban J connectivity index is 1.65. The van der Waals surface area contributed by atoms with Crippen LogP contribution in [0.1, 0.15) is 19.6 Å². The molecule has 2 aromatic rings. The molecule has 1 N–H and O–H groups in total. The second-order valence-electron chi connectivity index (χ2n) is 6.44. The van der Waals surface area contributed by atoms with Crippen LogP contribution >= 0.6 is 23.4 Å². The van der Waals surface area contributed by atoms with Gasteiger partial charge in [0.1, 0.15) is 22.4 Å². The number of amides is 1. The first kappa shape index (κ1) is 18.6. The Morgan fingerprint density at radius 1 is 1.32 bits per heavy atom. The zero-order chi connectivity index (χ0) is 20.0. The molecule has 0 spiro atoms. The minimum Gasteiger partial charge on any atom is -0.457 e. The van der Waals surface area contributed by atoms with Gasteiger partial charge in [0.05, 0.1) is 10.6 Å². The van der Waals surface area contributed by atoms with Crippen LogP contribution in [0, 0.1) is 17.1 Å². The monoisotopic (exact) mass is 416 g/mol. The highest BCUT2D eigenvalue weighted by atomic mass is 35.5. The van der Waals surface area contributed by atoms with Crippen molar-refractivity contribution in [1.82, 2.24) is 5.01 Å². The van der Waals surface area contributed by atoms with Crippen molar-refractivity contribution in [2.75, 3.05) is 0 Å². The highest BCUT2D eigenvalue weighted by Crippen LogP contribution is 2.32. The van der Waals surface area contributed by atoms with Crippen LogP contribution in [0.25, 0.3) is 17.4 Å². The number of hydrogen-bond acceptors (Lipinski definition) is 5. The normalized spacial score (nSPS) is 18.0. The van der Waals surface area contributed by atoms with E-state index in [1.54, 1.807) is 18.2 Å². The molecule has 0 bridgehead atoms. The highest BCUT2D eigenvalue weighted by molar-refractivity contribution is 8.27. The van der Waals surface area contributed by atoms with E-state index in [2.05, 4.69) is 10.1 Å². The predicted molar refractivity (Wildman–Crippen MR) is 109 cm³/mol. The molecular formula is C19H14ClFN4O2S. The van der Waals surface area contributed by atoms with Crippen LogP contribution in [0.15, 0.2) is 50.4 Å². The van der Waals surface area contributed by atoms with Crippen LogP contribution in [0.5, 0.6) is 0 Å². The van der Waals surface area contributed by atoms with Gasteiger partial charge in [0.25, 0.3) is 5.91 Å². The molecule has 4 rings (SSSR count). The topological polar surface area (TPSA) is 82.0 Å². The lowest BCUT2D eigenvalue weighted by Gasteiger charge is -2.19. The molecule has 142 valence electrons. The Bertz CT molecular complexity index is 1100. The van der Waals surface area contributed by atoms with Gasteiger partial charge in [-0.2, -0.15) is 15.1 Å². The quantitative estimate of drug-likeness (QED) is 0.712. The van der Waals surface area contributed by atoms with Gasteiger partial charge >= 0.3 is 0 Å². The van der Waals surface area contributed by atoms with Crippen LogP contribution in [0.3, 0.4) is 0 Å². The number of benzene rings is 1. The first-order valence-corrected chi connectivity index (χ1v) is 9.58. The lowest BCUT2D eigenvalue weighted by Crippen LogP contribution is -2.35. The number of thioether (sulfide) groups is 1. The molecule has 1 amide bonds. The molecule has 2 aliphatic heterocycles. The third-order valence-electron chi connectivity index (χ3n) is 4.08. The molecule has 1 aromatic heterocycles. The number of aliphatic imine (C=N–C) groups is 1. The number of fused-ring (bicyclic) bond motifs is 1. The van der Waals surface area contributed by atoms with Gasteiger partial charge < -0.3 is 4.42 Å². The minimum absolute atomic E-state index is 0.00902. The molecule has 3 heterocycles. The third-order valence-corrected chi connectivity index (χ3v) is 5.58. The zero-order valence-corrected chi connectivity index (χ0v) is 16.4. The number of amidine groups is 2. The van der Waals surface area contributed by atoms with Crippen LogP contribution < -0.4 is 0 Å². The van der Waals surface area contributed by atoms with E-state index in [-0.39, 0.29) is 22.3 Å².